The van der Waals surface area contributed by atoms with Crippen molar-refractivity contribution in [3.63, 3.8) is 0 Å². The highest BCUT2D eigenvalue weighted by atomic mass is 32.1. The van der Waals surface area contributed by atoms with Crippen LogP contribution in [0.1, 0.15) is 0 Å². The van der Waals surface area contributed by atoms with E-state index in [1.54, 1.807) is 6.07 Å². The van der Waals surface area contributed by atoms with Gasteiger partial charge in [0.25, 0.3) is 5.13 Å². The van der Waals surface area contributed by atoms with Crippen molar-refractivity contribution in [1.29, 1.82) is 0 Å². The molecule has 112 valence electrons. The Morgan fingerprint density at radius 3 is 2.55 bits per heavy atom. The van der Waals surface area contributed by atoms with Crippen molar-refractivity contribution < 1.29 is 5.11 Å². The minimum absolute atomic E-state index is 0.0782. The number of hydrogen-bond acceptors (Lipinski definition) is 8. The van der Waals surface area contributed by atoms with Crippen LogP contribution in [-0.2, 0) is 0 Å². The Hall–Kier alpha value is -2.19. The number of phenolic OH excluding ortho intramolecular Hbond substituents is 1. The summed E-state index contributed by atoms with van der Waals surface area (Å²) in [6, 6.07) is 9.14. The highest BCUT2D eigenvalue weighted by molar-refractivity contribution is 7.80. The van der Waals surface area contributed by atoms with Gasteiger partial charge in [0.2, 0.25) is 5.13 Å². The fourth-order valence-corrected chi connectivity index (χ4v) is 2.84. The van der Waals surface area contributed by atoms with Crippen molar-refractivity contribution in [3.05, 3.63) is 30.3 Å². The monoisotopic (exact) mass is 331 g/mol. The summed E-state index contributed by atoms with van der Waals surface area (Å²) in [5, 5.41) is 29.1. The van der Waals surface area contributed by atoms with E-state index in [1.807, 2.05) is 43.3 Å². The van der Waals surface area contributed by atoms with Crippen LogP contribution in [0.25, 0.3) is 10.8 Å². The molecule has 3 rings (SSSR count). The topological polar surface area (TPSA) is 74.0 Å². The summed E-state index contributed by atoms with van der Waals surface area (Å²) in [6.07, 6.45) is 0. The van der Waals surface area contributed by atoms with Crippen LogP contribution in [0.2, 0.25) is 0 Å². The van der Waals surface area contributed by atoms with E-state index in [9.17, 15) is 5.11 Å². The van der Waals surface area contributed by atoms with Crippen LogP contribution >= 0.6 is 24.0 Å². The first-order valence-corrected chi connectivity index (χ1v) is 7.69. The first kappa shape index (κ1) is 14.7. The van der Waals surface area contributed by atoms with Gasteiger partial charge in [-0.05, 0) is 11.5 Å². The molecule has 0 aliphatic heterocycles. The minimum Gasteiger partial charge on any atom is -0.505 e. The molecule has 0 saturated carbocycles. The molecule has 0 spiro atoms. The lowest BCUT2D eigenvalue weighted by atomic mass is 10.1. The van der Waals surface area contributed by atoms with Gasteiger partial charge in [-0.25, -0.2) is 0 Å². The summed E-state index contributed by atoms with van der Waals surface area (Å²) in [4.78, 5) is 2.57. The zero-order valence-corrected chi connectivity index (χ0v) is 13.6. The first-order valence-electron chi connectivity index (χ1n) is 6.42. The second-order valence-corrected chi connectivity index (χ2v) is 6.19. The van der Waals surface area contributed by atoms with Crippen molar-refractivity contribution >= 4 is 50.7 Å². The van der Waals surface area contributed by atoms with Gasteiger partial charge in [0, 0.05) is 24.4 Å². The molecule has 3 aromatic rings. The van der Waals surface area contributed by atoms with Gasteiger partial charge >= 0.3 is 0 Å². The number of thiol groups is 1. The van der Waals surface area contributed by atoms with Crippen LogP contribution in [0.4, 0.5) is 16.0 Å². The molecule has 0 unspecified atom stereocenters. The number of aromatic hydroxyl groups is 1. The number of fused-ring (bicyclic) bond motifs is 1. The Kier molecular flexibility index (Phi) is 3.95. The van der Waals surface area contributed by atoms with E-state index in [1.165, 1.54) is 11.3 Å². The van der Waals surface area contributed by atoms with Crippen LogP contribution in [0.3, 0.4) is 0 Å². The molecular formula is C14H13N5OS2. The van der Waals surface area contributed by atoms with Crippen LogP contribution in [0.5, 0.6) is 5.75 Å². The summed E-state index contributed by atoms with van der Waals surface area (Å²) in [5.41, 5.74) is 0.352. The molecular weight excluding hydrogens is 318 g/mol. The molecule has 1 heterocycles. The highest BCUT2D eigenvalue weighted by Gasteiger charge is 2.10. The van der Waals surface area contributed by atoms with Crippen LogP contribution in [-0.4, -0.2) is 29.4 Å². The van der Waals surface area contributed by atoms with E-state index in [2.05, 4.69) is 33.1 Å². The quantitative estimate of drug-likeness (QED) is 0.558. The van der Waals surface area contributed by atoms with Crippen molar-refractivity contribution in [3.8, 4) is 5.75 Å². The Balaban J connectivity index is 1.99. The summed E-state index contributed by atoms with van der Waals surface area (Å²) in [7, 11) is 3.76. The van der Waals surface area contributed by atoms with Crippen LogP contribution < -0.4 is 4.90 Å². The Morgan fingerprint density at radius 2 is 1.86 bits per heavy atom. The molecule has 0 aliphatic rings. The highest BCUT2D eigenvalue weighted by Crippen LogP contribution is 2.39. The second-order valence-electron chi connectivity index (χ2n) is 4.77. The molecule has 0 aliphatic carbocycles. The molecule has 8 heteroatoms. The summed E-state index contributed by atoms with van der Waals surface area (Å²) >= 11 is 5.75. The normalized spacial score (nSPS) is 11.4. The molecule has 0 fully saturated rings. The number of phenols is 1. The second kappa shape index (κ2) is 5.90. The lowest BCUT2D eigenvalue weighted by molar-refractivity contribution is 0.482. The first-order chi connectivity index (χ1) is 10.6. The van der Waals surface area contributed by atoms with Crippen molar-refractivity contribution in [2.75, 3.05) is 19.0 Å². The molecule has 22 heavy (non-hydrogen) atoms. The third kappa shape index (κ3) is 2.75. The third-order valence-electron chi connectivity index (χ3n) is 3.00. The fraction of sp³-hybridized carbons (Fsp3) is 0.143. The van der Waals surface area contributed by atoms with Gasteiger partial charge in [-0.3, -0.25) is 0 Å². The number of azo groups is 1. The van der Waals surface area contributed by atoms with Gasteiger partial charge in [0.1, 0.15) is 5.69 Å². The molecule has 0 atom stereocenters. The van der Waals surface area contributed by atoms with Gasteiger partial charge in [-0.2, -0.15) is 0 Å². The Bertz CT molecular complexity index is 860. The largest absolute Gasteiger partial charge is 0.505 e. The molecule has 6 nitrogen and oxygen atoms in total. The third-order valence-corrected chi connectivity index (χ3v) is 4.35. The number of anilines is 1. The maximum absolute atomic E-state index is 10.3. The molecule has 0 bridgehead atoms. The standard InChI is InChI=1S/C14H13N5OS2/c1-19(2)14-18-17-13(22-14)16-15-10-7-11(21)8-5-3-4-6-9(8)12(10)20/h3-7,20-21H,1-2H3/b16-15+. The van der Waals surface area contributed by atoms with E-state index in [-0.39, 0.29) is 5.75 Å². The molecule has 1 aromatic heterocycles. The average Bonchev–Trinajstić information content (AvgIpc) is 2.99. The summed E-state index contributed by atoms with van der Waals surface area (Å²) in [5.74, 6) is 0.0782. The van der Waals surface area contributed by atoms with E-state index in [0.717, 1.165) is 15.4 Å². The maximum Gasteiger partial charge on any atom is 0.253 e. The predicted octanol–water partition coefficient (Wildman–Crippen LogP) is 4.17. The van der Waals surface area contributed by atoms with Crippen molar-refractivity contribution in [2.24, 2.45) is 10.2 Å². The van der Waals surface area contributed by atoms with Crippen LogP contribution in [0.15, 0.2) is 45.5 Å². The Labute approximate surface area is 136 Å². The number of aromatic nitrogens is 2. The zero-order valence-electron chi connectivity index (χ0n) is 11.9. The Morgan fingerprint density at radius 1 is 1.14 bits per heavy atom. The molecule has 0 radical (unpaired) electrons. The average molecular weight is 331 g/mol. The van der Waals surface area contributed by atoms with Gasteiger partial charge in [-0.15, -0.1) is 33.1 Å². The summed E-state index contributed by atoms with van der Waals surface area (Å²) in [6.45, 7) is 0. The number of hydrogen-bond donors (Lipinski definition) is 2. The number of rotatable bonds is 3. The van der Waals surface area contributed by atoms with Crippen molar-refractivity contribution in [1.82, 2.24) is 10.2 Å². The van der Waals surface area contributed by atoms with Crippen molar-refractivity contribution in [2.45, 2.75) is 4.90 Å². The van der Waals surface area contributed by atoms with Gasteiger partial charge in [0.15, 0.2) is 5.75 Å². The fourth-order valence-electron chi connectivity index (χ4n) is 1.93. The van der Waals surface area contributed by atoms with E-state index >= 15 is 0 Å². The molecule has 0 saturated heterocycles. The SMILES string of the molecule is CN(C)c1nnc(/N=N/c2cc(S)c3ccccc3c2O)s1. The van der Waals surface area contributed by atoms with Gasteiger partial charge in [-0.1, -0.05) is 35.6 Å². The number of nitrogens with zero attached hydrogens (tertiary/aromatic N) is 5. The van der Waals surface area contributed by atoms with Crippen LogP contribution in [0, 0.1) is 0 Å². The van der Waals surface area contributed by atoms with E-state index in [0.29, 0.717) is 16.2 Å². The maximum atomic E-state index is 10.3. The minimum atomic E-state index is 0.0782. The van der Waals surface area contributed by atoms with Gasteiger partial charge in [0.05, 0.1) is 0 Å². The lowest BCUT2D eigenvalue weighted by Crippen LogP contribution is -2.07. The smallest absolute Gasteiger partial charge is 0.253 e. The van der Waals surface area contributed by atoms with E-state index in [4.69, 9.17) is 0 Å². The molecule has 1 N–H and O–H groups in total. The number of benzene rings is 2. The summed E-state index contributed by atoms with van der Waals surface area (Å²) < 4.78 is 0. The van der Waals surface area contributed by atoms with E-state index < -0.39 is 0 Å². The van der Waals surface area contributed by atoms with Gasteiger partial charge < -0.3 is 10.0 Å². The molecule has 0 amide bonds. The predicted molar refractivity (Wildman–Crippen MR) is 91.3 cm³/mol. The zero-order chi connectivity index (χ0) is 15.7. The lowest BCUT2D eigenvalue weighted by Gasteiger charge is -2.06. The molecule has 2 aromatic carbocycles.